The first-order valence-corrected chi connectivity index (χ1v) is 30.0. The maximum atomic E-state index is 1.97. The molecule has 6 aliphatic heterocycles. The molecule has 38 valence electrons. The second-order valence-electron chi connectivity index (χ2n) is 4.62. The van der Waals surface area contributed by atoms with Gasteiger partial charge in [0.25, 0.3) is 0 Å². The molecule has 8 heavy (non-hydrogen) atoms. The van der Waals surface area contributed by atoms with Crippen LogP contribution in [0.3, 0.4) is 0 Å². The van der Waals surface area contributed by atoms with Gasteiger partial charge in [0.05, 0.1) is 5.49 Å². The van der Waals surface area contributed by atoms with E-state index in [-0.39, 0.29) is 0 Å². The van der Waals surface area contributed by atoms with E-state index >= 15 is 0 Å². The van der Waals surface area contributed by atoms with Crippen LogP contribution in [0.5, 0.6) is 0 Å². The summed E-state index contributed by atoms with van der Waals surface area (Å²) in [6, 6.07) is 0. The minimum absolute atomic E-state index is 0.639. The van der Waals surface area contributed by atoms with Crippen LogP contribution in [0.1, 0.15) is 0 Å². The highest BCUT2D eigenvalue weighted by Gasteiger charge is 3.00. The van der Waals surface area contributed by atoms with Gasteiger partial charge in [-0.25, -0.2) is 0 Å². The molecule has 6 aliphatic rings. The Morgan fingerprint density at radius 2 is 1.12 bits per heavy atom. The Morgan fingerprint density at radius 1 is 0.625 bits per heavy atom. The molecule has 0 aromatic carbocycles. The van der Waals surface area contributed by atoms with Gasteiger partial charge in [0.1, 0.15) is 0 Å². The summed E-state index contributed by atoms with van der Waals surface area (Å²) in [5.74, 6) is 0. The van der Waals surface area contributed by atoms with Crippen molar-refractivity contribution in [3.63, 3.8) is 0 Å². The van der Waals surface area contributed by atoms with Gasteiger partial charge in [-0.15, -0.1) is 0 Å². The van der Waals surface area contributed by atoms with E-state index < -0.39 is 0 Å². The lowest BCUT2D eigenvalue weighted by atomic mass is 10.6. The van der Waals surface area contributed by atoms with E-state index in [2.05, 4.69) is 0 Å². The molecular weight excluding hydrogens is 207 g/mol. The first kappa shape index (κ1) is 3.83. The Balaban J connectivity index is 2.00. The SMILES string of the molecule is B12[SiH]3[SiH]4[SiH]1[SiH]1[SiH]2[SiH]3[SiH]41. The van der Waals surface area contributed by atoms with Crippen LogP contribution in [0.15, 0.2) is 0 Å². The lowest BCUT2D eigenvalue weighted by molar-refractivity contribution is 2.76. The molecule has 0 aliphatic carbocycles. The van der Waals surface area contributed by atoms with Crippen LogP contribution >= 0.6 is 0 Å². The summed E-state index contributed by atoms with van der Waals surface area (Å²) in [6.07, 6.45) is 0. The third-order valence-electron chi connectivity index (χ3n) is 5.33. The second kappa shape index (κ2) is 0.754. The first-order chi connectivity index (χ1) is 4.00. The summed E-state index contributed by atoms with van der Waals surface area (Å²) in [6.45, 7) is 0. The molecule has 0 N–H and O–H groups in total. The third kappa shape index (κ3) is 0.134. The largest absolute Gasteiger partial charge is 0.0960 e. The maximum absolute atomic E-state index is 1.97. The molecule has 0 amide bonds. The van der Waals surface area contributed by atoms with E-state index in [0.29, 0.717) is 45.2 Å². The van der Waals surface area contributed by atoms with Crippen molar-refractivity contribution in [3.05, 3.63) is 0 Å². The molecule has 0 aromatic rings. The van der Waals surface area contributed by atoms with Crippen molar-refractivity contribution < 1.29 is 0 Å². The van der Waals surface area contributed by atoms with Crippen LogP contribution in [-0.2, 0) is 0 Å². The van der Waals surface area contributed by atoms with Crippen molar-refractivity contribution >= 4 is 58.0 Å². The quantitative estimate of drug-likeness (QED) is 0.355. The standard InChI is InChI=1S/BH7Si7/c1-2-5-3(1)7-4(1)6(2)8(5)7/h2-8H. The van der Waals surface area contributed by atoms with Gasteiger partial charge in [0, 0.05) is 0 Å². The van der Waals surface area contributed by atoms with Crippen molar-refractivity contribution in [2.45, 2.75) is 0 Å². The van der Waals surface area contributed by atoms with Gasteiger partial charge in [-0.1, -0.05) is 0 Å². The van der Waals surface area contributed by atoms with Gasteiger partial charge in [-0.05, 0) is 52.5 Å². The highest BCUT2D eigenvalue weighted by molar-refractivity contribution is 8.76. The van der Waals surface area contributed by atoms with Gasteiger partial charge in [0.15, 0.2) is 0 Å². The molecule has 0 unspecified atom stereocenters. The summed E-state index contributed by atoms with van der Waals surface area (Å²) in [7, 11) is 4.81. The molecule has 0 nitrogen and oxygen atoms in total. The van der Waals surface area contributed by atoms with Crippen molar-refractivity contribution in [1.82, 2.24) is 0 Å². The highest BCUT2D eigenvalue weighted by atomic mass is 30.8. The zero-order chi connectivity index (χ0) is 4.62. The van der Waals surface area contributed by atoms with E-state index in [4.69, 9.17) is 0 Å². The Morgan fingerprint density at radius 3 is 1.25 bits per heavy atom. The lowest BCUT2D eigenvalue weighted by Gasteiger charge is -3.00. The van der Waals surface area contributed by atoms with Gasteiger partial charge in [-0.3, -0.25) is 0 Å². The van der Waals surface area contributed by atoms with E-state index in [0.717, 1.165) is 7.35 Å². The first-order valence-electron chi connectivity index (χ1n) is 4.00. The Hall–Kier alpha value is 1.58. The molecule has 0 bridgehead atoms. The molecule has 0 radical (unpaired) electrons. The van der Waals surface area contributed by atoms with Gasteiger partial charge in [-0.2, -0.15) is 0 Å². The van der Waals surface area contributed by atoms with Crippen LogP contribution in [0, 0.1) is 0 Å². The summed E-state index contributed by atoms with van der Waals surface area (Å²) in [5, 5.41) is 0. The fourth-order valence-corrected chi connectivity index (χ4v) is 691. The van der Waals surface area contributed by atoms with Crippen molar-refractivity contribution in [3.8, 4) is 0 Å². The summed E-state index contributed by atoms with van der Waals surface area (Å²) in [5.41, 5.74) is 1.97. The zero-order valence-electron chi connectivity index (χ0n) is 4.62. The van der Waals surface area contributed by atoms with Crippen molar-refractivity contribution in [2.24, 2.45) is 0 Å². The predicted molar refractivity (Wildman–Crippen MR) is 55.8 cm³/mol. The normalized spacial score (nSPS) is 99.0. The molecule has 6 heterocycles. The van der Waals surface area contributed by atoms with Crippen molar-refractivity contribution in [2.75, 3.05) is 0 Å². The molecule has 0 aromatic heterocycles. The molecule has 8 heteroatoms. The Bertz CT molecular complexity index is 114. The average molecular weight is 214 g/mol. The van der Waals surface area contributed by atoms with E-state index in [9.17, 15) is 0 Å². The van der Waals surface area contributed by atoms with Gasteiger partial charge < -0.3 is 0 Å². The minimum Gasteiger partial charge on any atom is -0.0231 e. The number of hydrogen-bond acceptors (Lipinski definition) is 0. The Kier molecular flexibility index (Phi) is 0.361. The van der Waals surface area contributed by atoms with Crippen molar-refractivity contribution in [1.29, 1.82) is 0 Å². The van der Waals surface area contributed by atoms with E-state index in [1.807, 2.05) is 5.49 Å². The van der Waals surface area contributed by atoms with E-state index in [1.54, 1.807) is 0 Å². The van der Waals surface area contributed by atoms with Crippen LogP contribution in [-0.4, -0.2) is 58.0 Å². The number of hydrogen-bond donors (Lipinski definition) is 0. The molecule has 0 saturated carbocycles. The monoisotopic (exact) mass is 214 g/mol. The highest BCUT2D eigenvalue weighted by Crippen LogP contribution is 2.62. The minimum atomic E-state index is 0.639. The van der Waals surface area contributed by atoms with Crippen LogP contribution in [0.25, 0.3) is 0 Å². The fourth-order valence-electron chi connectivity index (χ4n) is 5.29. The smallest absolute Gasteiger partial charge is 0.0231 e. The summed E-state index contributed by atoms with van der Waals surface area (Å²) < 4.78 is 0. The van der Waals surface area contributed by atoms with Crippen LogP contribution in [0.2, 0.25) is 0 Å². The molecule has 6 saturated heterocycles. The maximum Gasteiger partial charge on any atom is 0.0960 e. The molecule has 0 atom stereocenters. The van der Waals surface area contributed by atoms with Crippen LogP contribution < -0.4 is 0 Å². The molecule has 6 rings (SSSR count). The average Bonchev–Trinajstić information content (AvgIpc) is 1.90. The fraction of sp³-hybridized carbons (Fsp3) is 0. The Labute approximate surface area is 57.9 Å². The summed E-state index contributed by atoms with van der Waals surface area (Å²) >= 11 is 0. The second-order valence-corrected chi connectivity index (χ2v) is 93.5. The predicted octanol–water partition coefficient (Wildman–Crippen LogP) is -4.92. The van der Waals surface area contributed by atoms with Crippen LogP contribution in [0.4, 0.5) is 0 Å². The molecule has 0 spiro atoms. The van der Waals surface area contributed by atoms with Gasteiger partial charge in [0.2, 0.25) is 0 Å². The third-order valence-corrected chi connectivity index (χ3v) is 288. The lowest BCUT2D eigenvalue weighted by Crippen LogP contribution is -3.38. The van der Waals surface area contributed by atoms with Gasteiger partial charge >= 0.3 is 0 Å². The molecule has 6 fully saturated rings. The summed E-state index contributed by atoms with van der Waals surface area (Å²) in [4.78, 5) is 0. The topological polar surface area (TPSA) is 0 Å². The van der Waals surface area contributed by atoms with E-state index in [1.165, 1.54) is 0 Å². The number of rotatable bonds is 0. The molecular formula is H7BSi7. The zero-order valence-corrected chi connectivity index (χ0v) is 12.7.